The van der Waals surface area contributed by atoms with Crippen LogP contribution in [0.3, 0.4) is 0 Å². The van der Waals surface area contributed by atoms with E-state index in [0.717, 1.165) is 49.2 Å². The van der Waals surface area contributed by atoms with Gasteiger partial charge in [0.15, 0.2) is 0 Å². The van der Waals surface area contributed by atoms with Crippen LogP contribution < -0.4 is 15.8 Å². The number of halogens is 2. The molecule has 3 N–H and O–H groups in total. The van der Waals surface area contributed by atoms with E-state index in [-0.39, 0.29) is 36.6 Å². The Hall–Kier alpha value is -1.01. The summed E-state index contributed by atoms with van der Waals surface area (Å²) in [5.74, 6) is 0.813. The molecule has 160 valence electrons. The van der Waals surface area contributed by atoms with Crippen molar-refractivity contribution in [1.29, 1.82) is 0 Å². The van der Waals surface area contributed by atoms with Gasteiger partial charge in [0, 0.05) is 17.8 Å². The van der Waals surface area contributed by atoms with E-state index in [9.17, 15) is 4.79 Å². The van der Waals surface area contributed by atoms with E-state index in [2.05, 4.69) is 10.2 Å². The molecule has 28 heavy (non-hydrogen) atoms. The maximum Gasteiger partial charge on any atom is 0.229 e. The minimum absolute atomic E-state index is 0. The van der Waals surface area contributed by atoms with Crippen LogP contribution in [0, 0.1) is 12.8 Å². The van der Waals surface area contributed by atoms with Gasteiger partial charge in [0.05, 0.1) is 5.92 Å². The van der Waals surface area contributed by atoms with Crippen molar-refractivity contribution in [3.63, 3.8) is 0 Å². The van der Waals surface area contributed by atoms with E-state index in [1.54, 1.807) is 0 Å². The topological polar surface area (TPSA) is 67.6 Å². The van der Waals surface area contributed by atoms with Crippen LogP contribution in [0.1, 0.15) is 51.0 Å². The van der Waals surface area contributed by atoms with Crippen molar-refractivity contribution in [3.05, 3.63) is 23.8 Å². The molecule has 2 atom stereocenters. The van der Waals surface area contributed by atoms with E-state index in [1.165, 1.54) is 25.9 Å². The fourth-order valence-corrected chi connectivity index (χ4v) is 4.20. The second kappa shape index (κ2) is 11.2. The zero-order valence-corrected chi connectivity index (χ0v) is 18.7. The van der Waals surface area contributed by atoms with Crippen LogP contribution in [0.5, 0.6) is 5.75 Å². The third-order valence-corrected chi connectivity index (χ3v) is 5.88. The minimum Gasteiger partial charge on any atom is -0.492 e. The van der Waals surface area contributed by atoms with Gasteiger partial charge < -0.3 is 15.8 Å². The van der Waals surface area contributed by atoms with Crippen LogP contribution in [-0.2, 0) is 4.79 Å². The molecule has 0 spiro atoms. The monoisotopic (exact) mass is 431 g/mol. The lowest BCUT2D eigenvalue weighted by molar-refractivity contribution is -0.122. The number of hydrogen-bond acceptors (Lipinski definition) is 4. The maximum atomic E-state index is 12.7. The van der Waals surface area contributed by atoms with E-state index in [4.69, 9.17) is 10.5 Å². The first kappa shape index (κ1) is 25.0. The number of likely N-dealkylation sites (tertiary alicyclic amines) is 1. The molecular weight excluding hydrogens is 397 g/mol. The molecule has 1 saturated carbocycles. The van der Waals surface area contributed by atoms with Gasteiger partial charge in [-0.05, 0) is 76.4 Å². The lowest BCUT2D eigenvalue weighted by Crippen LogP contribution is -2.51. The number of rotatable bonds is 6. The van der Waals surface area contributed by atoms with Gasteiger partial charge in [-0.15, -0.1) is 24.8 Å². The number of nitrogens with two attached hydrogens (primary N) is 1. The molecule has 1 aromatic carbocycles. The van der Waals surface area contributed by atoms with E-state index >= 15 is 0 Å². The number of amides is 1. The Kier molecular flexibility index (Phi) is 10.1. The summed E-state index contributed by atoms with van der Waals surface area (Å²) in [4.78, 5) is 15.1. The van der Waals surface area contributed by atoms with Crippen molar-refractivity contribution >= 4 is 36.4 Å². The van der Waals surface area contributed by atoms with Gasteiger partial charge in [0.2, 0.25) is 5.91 Å². The molecule has 2 aliphatic rings. The average molecular weight is 432 g/mol. The van der Waals surface area contributed by atoms with Gasteiger partial charge in [-0.1, -0.05) is 12.8 Å². The predicted octanol–water partition coefficient (Wildman–Crippen LogP) is 4.16. The van der Waals surface area contributed by atoms with Crippen LogP contribution in [0.15, 0.2) is 18.2 Å². The standard InChI is InChI=1S/C21H33N3O2.2ClH/c1-16-15-17(23-20(25)18-7-3-4-10-21(18,2)22)8-9-19(16)26-14-13-24-11-5-6-12-24;;/h8-9,15,18H,3-7,10-14,22H2,1-2H3,(H,23,25);2*1H. The van der Waals surface area contributed by atoms with Gasteiger partial charge in [-0.25, -0.2) is 0 Å². The van der Waals surface area contributed by atoms with Crippen molar-refractivity contribution in [3.8, 4) is 5.75 Å². The maximum absolute atomic E-state index is 12.7. The van der Waals surface area contributed by atoms with Crippen LogP contribution >= 0.6 is 24.8 Å². The highest BCUT2D eigenvalue weighted by Gasteiger charge is 2.37. The normalized spacial score (nSPS) is 24.8. The van der Waals surface area contributed by atoms with E-state index in [0.29, 0.717) is 6.61 Å². The third kappa shape index (κ3) is 6.51. The summed E-state index contributed by atoms with van der Waals surface area (Å²) in [6.07, 6.45) is 6.57. The van der Waals surface area contributed by atoms with E-state index in [1.807, 2.05) is 32.0 Å². The molecule has 7 heteroatoms. The minimum atomic E-state index is -0.407. The fraction of sp³-hybridized carbons (Fsp3) is 0.667. The number of carbonyl (C=O) groups is 1. The highest BCUT2D eigenvalue weighted by atomic mass is 35.5. The summed E-state index contributed by atoms with van der Waals surface area (Å²) in [6, 6.07) is 5.87. The van der Waals surface area contributed by atoms with Crippen LogP contribution in [0.2, 0.25) is 0 Å². The first-order valence-electron chi connectivity index (χ1n) is 10.0. The number of hydrogen-bond donors (Lipinski definition) is 2. The number of ether oxygens (including phenoxy) is 1. The van der Waals surface area contributed by atoms with Gasteiger partial charge in [0.1, 0.15) is 12.4 Å². The molecular formula is C21H35Cl2N3O2. The predicted molar refractivity (Wildman–Crippen MR) is 120 cm³/mol. The molecule has 0 bridgehead atoms. The van der Waals surface area contributed by atoms with Gasteiger partial charge in [-0.2, -0.15) is 0 Å². The second-order valence-electron chi connectivity index (χ2n) is 8.17. The summed E-state index contributed by atoms with van der Waals surface area (Å²) >= 11 is 0. The Balaban J connectivity index is 0.00000196. The Morgan fingerprint density at radius 1 is 1.25 bits per heavy atom. The van der Waals surface area contributed by atoms with Gasteiger partial charge in [-0.3, -0.25) is 9.69 Å². The number of nitrogens with one attached hydrogen (secondary N) is 1. The van der Waals surface area contributed by atoms with Crippen molar-refractivity contribution in [1.82, 2.24) is 4.90 Å². The van der Waals surface area contributed by atoms with E-state index < -0.39 is 5.54 Å². The van der Waals surface area contributed by atoms with Crippen molar-refractivity contribution in [2.45, 2.75) is 57.9 Å². The summed E-state index contributed by atoms with van der Waals surface area (Å²) in [7, 11) is 0. The number of benzene rings is 1. The summed E-state index contributed by atoms with van der Waals surface area (Å²) < 4.78 is 5.93. The molecule has 0 aromatic heterocycles. The number of nitrogens with zero attached hydrogens (tertiary/aromatic N) is 1. The summed E-state index contributed by atoms with van der Waals surface area (Å²) in [5, 5.41) is 3.05. The zero-order chi connectivity index (χ0) is 18.6. The SMILES string of the molecule is Cc1cc(NC(=O)C2CCCCC2(C)N)ccc1OCCN1CCCC1.Cl.Cl. The Morgan fingerprint density at radius 3 is 2.61 bits per heavy atom. The number of anilines is 1. The molecule has 1 amide bonds. The molecule has 1 aliphatic heterocycles. The second-order valence-corrected chi connectivity index (χ2v) is 8.17. The zero-order valence-electron chi connectivity index (χ0n) is 17.0. The van der Waals surface area contributed by atoms with Crippen molar-refractivity contribution in [2.75, 3.05) is 31.6 Å². The first-order chi connectivity index (χ1) is 12.5. The van der Waals surface area contributed by atoms with Gasteiger partial charge in [0.25, 0.3) is 0 Å². The largest absolute Gasteiger partial charge is 0.492 e. The molecule has 2 fully saturated rings. The molecule has 3 rings (SSSR count). The van der Waals surface area contributed by atoms with Crippen LogP contribution in [-0.4, -0.2) is 42.6 Å². The fourth-order valence-electron chi connectivity index (χ4n) is 4.20. The quantitative estimate of drug-likeness (QED) is 0.709. The molecule has 2 unspecified atom stereocenters. The van der Waals surface area contributed by atoms with Crippen LogP contribution in [0.4, 0.5) is 5.69 Å². The lowest BCUT2D eigenvalue weighted by atomic mass is 9.74. The van der Waals surface area contributed by atoms with Crippen LogP contribution in [0.25, 0.3) is 0 Å². The Bertz CT molecular complexity index is 634. The average Bonchev–Trinajstić information content (AvgIpc) is 3.09. The molecule has 1 aliphatic carbocycles. The molecule has 0 radical (unpaired) electrons. The first-order valence-corrected chi connectivity index (χ1v) is 10.0. The summed E-state index contributed by atoms with van der Waals surface area (Å²) in [5.41, 5.74) is 7.81. The van der Waals surface area contributed by atoms with Gasteiger partial charge >= 0.3 is 0 Å². The molecule has 1 saturated heterocycles. The number of aryl methyl sites for hydroxylation is 1. The van der Waals surface area contributed by atoms with Crippen molar-refractivity contribution in [2.24, 2.45) is 11.7 Å². The Labute approximate surface area is 181 Å². The molecule has 5 nitrogen and oxygen atoms in total. The highest BCUT2D eigenvalue weighted by molar-refractivity contribution is 5.93. The molecule has 1 aromatic rings. The Morgan fingerprint density at radius 2 is 1.96 bits per heavy atom. The molecule has 1 heterocycles. The summed E-state index contributed by atoms with van der Waals surface area (Å²) in [6.45, 7) is 8.09. The lowest BCUT2D eigenvalue weighted by Gasteiger charge is -2.37. The highest BCUT2D eigenvalue weighted by Crippen LogP contribution is 2.32. The smallest absolute Gasteiger partial charge is 0.229 e. The number of carbonyl (C=O) groups excluding carboxylic acids is 1. The third-order valence-electron chi connectivity index (χ3n) is 5.88. The van der Waals surface area contributed by atoms with Crippen molar-refractivity contribution < 1.29 is 9.53 Å².